The minimum Gasteiger partial charge on any atom is -0.444 e. The van der Waals surface area contributed by atoms with Gasteiger partial charge in [-0.2, -0.15) is 0 Å². The predicted molar refractivity (Wildman–Crippen MR) is 136 cm³/mol. The number of likely N-dealkylation sites (tertiary alicyclic amines) is 1. The van der Waals surface area contributed by atoms with Crippen LogP contribution in [0, 0.1) is 5.92 Å². The van der Waals surface area contributed by atoms with E-state index in [9.17, 15) is 4.79 Å². The van der Waals surface area contributed by atoms with Gasteiger partial charge in [0.2, 0.25) is 0 Å². The molecule has 2 rings (SSSR count). The number of nitrogens with zero attached hydrogens (tertiary/aromatic N) is 3. The molecule has 1 atom stereocenters. The Morgan fingerprint density at radius 3 is 2.61 bits per heavy atom. The number of morpholine rings is 1. The number of nitrogens with one attached hydrogen (secondary N) is 2. The summed E-state index contributed by atoms with van der Waals surface area (Å²) in [6.07, 6.45) is 4.10. The van der Waals surface area contributed by atoms with Crippen molar-refractivity contribution in [3.05, 3.63) is 0 Å². The number of amides is 1. The highest BCUT2D eigenvalue weighted by Gasteiger charge is 2.27. The summed E-state index contributed by atoms with van der Waals surface area (Å²) < 4.78 is 10.9. The first-order chi connectivity index (χ1) is 14.4. The molecule has 0 saturated carbocycles. The fourth-order valence-corrected chi connectivity index (χ4v) is 3.84. The maximum atomic E-state index is 12.3. The van der Waals surface area contributed by atoms with Gasteiger partial charge >= 0.3 is 6.09 Å². The lowest BCUT2D eigenvalue weighted by Gasteiger charge is -2.34. The first kappa shape index (κ1) is 28.2. The van der Waals surface area contributed by atoms with Crippen molar-refractivity contribution in [2.24, 2.45) is 10.9 Å². The monoisotopic (exact) mass is 553 g/mol. The number of ether oxygens (including phenoxy) is 2. The third-order valence-corrected chi connectivity index (χ3v) is 5.37. The molecule has 1 unspecified atom stereocenters. The van der Waals surface area contributed by atoms with Crippen LogP contribution in [0.5, 0.6) is 0 Å². The molecule has 0 aromatic carbocycles. The van der Waals surface area contributed by atoms with E-state index in [1.165, 1.54) is 0 Å². The van der Waals surface area contributed by atoms with Crippen LogP contribution in [0.4, 0.5) is 4.79 Å². The number of hydrogen-bond donors (Lipinski definition) is 2. The summed E-state index contributed by atoms with van der Waals surface area (Å²) in [5, 5.41) is 6.79. The van der Waals surface area contributed by atoms with E-state index in [0.717, 1.165) is 97.2 Å². The fraction of sp³-hybridized carbons (Fsp3) is 0.909. The van der Waals surface area contributed by atoms with Gasteiger partial charge < -0.3 is 25.0 Å². The van der Waals surface area contributed by atoms with Crippen molar-refractivity contribution in [2.75, 3.05) is 65.6 Å². The van der Waals surface area contributed by atoms with Crippen molar-refractivity contribution >= 4 is 36.0 Å². The van der Waals surface area contributed by atoms with Gasteiger partial charge in [0.25, 0.3) is 0 Å². The van der Waals surface area contributed by atoms with Crippen LogP contribution in [0.25, 0.3) is 0 Å². The fourth-order valence-electron chi connectivity index (χ4n) is 3.84. The van der Waals surface area contributed by atoms with Crippen molar-refractivity contribution < 1.29 is 14.3 Å². The minimum absolute atomic E-state index is 0. The zero-order chi connectivity index (χ0) is 21.8. The Morgan fingerprint density at radius 2 is 1.94 bits per heavy atom. The van der Waals surface area contributed by atoms with Crippen LogP contribution >= 0.6 is 24.0 Å². The topological polar surface area (TPSA) is 78.4 Å². The number of carbonyl (C=O) groups is 1. The van der Waals surface area contributed by atoms with E-state index < -0.39 is 5.60 Å². The molecule has 0 bridgehead atoms. The van der Waals surface area contributed by atoms with Gasteiger partial charge in [0, 0.05) is 52.4 Å². The molecule has 1 amide bonds. The molecule has 8 nitrogen and oxygen atoms in total. The molecule has 2 saturated heterocycles. The highest BCUT2D eigenvalue weighted by Crippen LogP contribution is 2.21. The molecule has 182 valence electrons. The van der Waals surface area contributed by atoms with Crippen LogP contribution in [0.15, 0.2) is 4.99 Å². The summed E-state index contributed by atoms with van der Waals surface area (Å²) in [6.45, 7) is 16.8. The lowest BCUT2D eigenvalue weighted by Crippen LogP contribution is -2.44. The maximum absolute atomic E-state index is 12.3. The molecule has 2 heterocycles. The third kappa shape index (κ3) is 12.1. The van der Waals surface area contributed by atoms with E-state index in [-0.39, 0.29) is 30.1 Å². The van der Waals surface area contributed by atoms with Gasteiger partial charge in [0.05, 0.1) is 13.2 Å². The second kappa shape index (κ2) is 15.1. The first-order valence-electron chi connectivity index (χ1n) is 11.7. The molecule has 0 spiro atoms. The zero-order valence-electron chi connectivity index (χ0n) is 20.0. The smallest absolute Gasteiger partial charge is 0.410 e. The molecule has 2 N–H and O–H groups in total. The predicted octanol–water partition coefficient (Wildman–Crippen LogP) is 2.92. The molecule has 0 radical (unpaired) electrons. The summed E-state index contributed by atoms with van der Waals surface area (Å²) in [7, 11) is 0. The molecule has 0 aromatic rings. The summed E-state index contributed by atoms with van der Waals surface area (Å²) >= 11 is 0. The Morgan fingerprint density at radius 1 is 1.19 bits per heavy atom. The lowest BCUT2D eigenvalue weighted by atomic mass is 9.95. The second-order valence-electron chi connectivity index (χ2n) is 9.22. The van der Waals surface area contributed by atoms with Crippen molar-refractivity contribution in [1.29, 1.82) is 0 Å². The van der Waals surface area contributed by atoms with Gasteiger partial charge in [0.15, 0.2) is 5.96 Å². The van der Waals surface area contributed by atoms with E-state index in [4.69, 9.17) is 14.5 Å². The molecule has 0 aromatic heterocycles. The largest absolute Gasteiger partial charge is 0.444 e. The molecule has 31 heavy (non-hydrogen) atoms. The Balaban J connectivity index is 0.00000480. The SMILES string of the molecule is CCNC(=NCCCN1CCOCC1)NCCC1CCCN(C(=O)OC(C)(C)C)C1.I. The van der Waals surface area contributed by atoms with Gasteiger partial charge in [0.1, 0.15) is 5.60 Å². The molecule has 2 aliphatic rings. The number of halogens is 1. The van der Waals surface area contributed by atoms with E-state index in [1.54, 1.807) is 0 Å². The molecule has 2 aliphatic heterocycles. The van der Waals surface area contributed by atoms with Gasteiger partial charge in [-0.25, -0.2) is 4.79 Å². The van der Waals surface area contributed by atoms with Crippen molar-refractivity contribution in [3.63, 3.8) is 0 Å². The zero-order valence-corrected chi connectivity index (χ0v) is 22.3. The Kier molecular flexibility index (Phi) is 13.8. The third-order valence-electron chi connectivity index (χ3n) is 5.37. The molecular weight excluding hydrogens is 509 g/mol. The van der Waals surface area contributed by atoms with E-state index in [1.807, 2.05) is 25.7 Å². The molecule has 0 aliphatic carbocycles. The van der Waals surface area contributed by atoms with Crippen molar-refractivity contribution in [3.8, 4) is 0 Å². The van der Waals surface area contributed by atoms with Crippen LogP contribution < -0.4 is 10.6 Å². The van der Waals surface area contributed by atoms with Crippen LogP contribution in [-0.4, -0.2) is 93.0 Å². The van der Waals surface area contributed by atoms with Crippen LogP contribution in [-0.2, 0) is 9.47 Å². The number of carbonyl (C=O) groups excluding carboxylic acids is 1. The average Bonchev–Trinajstić information content (AvgIpc) is 2.71. The summed E-state index contributed by atoms with van der Waals surface area (Å²) in [4.78, 5) is 21.4. The Labute approximate surface area is 205 Å². The van der Waals surface area contributed by atoms with Gasteiger partial charge in [-0.15, -0.1) is 24.0 Å². The lowest BCUT2D eigenvalue weighted by molar-refractivity contribution is 0.0162. The summed E-state index contributed by atoms with van der Waals surface area (Å²) in [6, 6.07) is 0. The van der Waals surface area contributed by atoms with E-state index in [2.05, 4.69) is 22.5 Å². The van der Waals surface area contributed by atoms with Crippen LogP contribution in [0.2, 0.25) is 0 Å². The quantitative estimate of drug-likeness (QED) is 0.208. The summed E-state index contributed by atoms with van der Waals surface area (Å²) in [5.41, 5.74) is -0.440. The number of aliphatic imine (C=N–C) groups is 1. The first-order valence-corrected chi connectivity index (χ1v) is 11.7. The number of rotatable bonds is 8. The second-order valence-corrected chi connectivity index (χ2v) is 9.22. The van der Waals surface area contributed by atoms with E-state index >= 15 is 0 Å². The highest BCUT2D eigenvalue weighted by molar-refractivity contribution is 14.0. The van der Waals surface area contributed by atoms with Gasteiger partial charge in [-0.3, -0.25) is 9.89 Å². The normalized spacial score (nSPS) is 20.7. The van der Waals surface area contributed by atoms with Crippen molar-refractivity contribution in [1.82, 2.24) is 20.4 Å². The Bertz CT molecular complexity index is 536. The summed E-state index contributed by atoms with van der Waals surface area (Å²) in [5.74, 6) is 1.39. The molecule has 2 fully saturated rings. The number of hydrogen-bond acceptors (Lipinski definition) is 5. The molecule has 9 heteroatoms. The van der Waals surface area contributed by atoms with Crippen molar-refractivity contribution in [2.45, 2.75) is 59.0 Å². The Hall–Kier alpha value is -0.810. The maximum Gasteiger partial charge on any atom is 0.410 e. The average molecular weight is 554 g/mol. The number of guanidine groups is 1. The van der Waals surface area contributed by atoms with E-state index in [0.29, 0.717) is 5.92 Å². The van der Waals surface area contributed by atoms with Gasteiger partial charge in [-0.05, 0) is 59.3 Å². The minimum atomic E-state index is -0.440. The van der Waals surface area contributed by atoms with Crippen LogP contribution in [0.1, 0.15) is 53.4 Å². The van der Waals surface area contributed by atoms with Gasteiger partial charge in [-0.1, -0.05) is 0 Å². The standard InChI is InChI=1S/C22H43N5O3.HI/c1-5-23-20(24-10-7-12-26-14-16-29-17-15-26)25-11-9-19-8-6-13-27(18-19)21(28)30-22(2,3)4;/h19H,5-18H2,1-4H3,(H2,23,24,25);1H. The molecular formula is C22H44IN5O3. The van der Waals surface area contributed by atoms with Crippen LogP contribution in [0.3, 0.4) is 0 Å². The number of piperidine rings is 1. The highest BCUT2D eigenvalue weighted by atomic mass is 127.